The van der Waals surface area contributed by atoms with Gasteiger partial charge in [-0.2, -0.15) is 0 Å². The van der Waals surface area contributed by atoms with Crippen LogP contribution >= 0.6 is 0 Å². The Morgan fingerprint density at radius 1 is 1.27 bits per heavy atom. The molecule has 156 valence electrons. The van der Waals surface area contributed by atoms with Crippen LogP contribution in [0.4, 0.5) is 11.4 Å². The standard InChI is InChI=1S/C21H22N4O5/c1-29-15-4-2-14(3-5-15)21(6-8-30-9-7-21)12-22-18-11-17-16(10-19(18)25(27)28)20(26)24-13-23-17/h2-5,10-11,13,22H,6-9,12H2,1H3,(H,23,24,26). The molecule has 4 rings (SSSR count). The number of H-pyrrole nitrogens is 1. The molecule has 0 atom stereocenters. The minimum absolute atomic E-state index is 0.155. The van der Waals surface area contributed by atoms with Crippen LogP contribution in [-0.2, 0) is 10.2 Å². The highest BCUT2D eigenvalue weighted by molar-refractivity contribution is 5.86. The van der Waals surface area contributed by atoms with Crippen molar-refractivity contribution in [3.05, 3.63) is 68.8 Å². The molecule has 3 aromatic rings. The van der Waals surface area contributed by atoms with Crippen LogP contribution < -0.4 is 15.6 Å². The lowest BCUT2D eigenvalue weighted by atomic mass is 9.74. The quantitative estimate of drug-likeness (QED) is 0.473. The Morgan fingerprint density at radius 2 is 2.00 bits per heavy atom. The number of nitro groups is 1. The molecule has 1 aromatic heterocycles. The van der Waals surface area contributed by atoms with Gasteiger partial charge in [0.05, 0.1) is 29.3 Å². The minimum Gasteiger partial charge on any atom is -0.497 e. The summed E-state index contributed by atoms with van der Waals surface area (Å²) in [6.07, 6.45) is 2.86. The number of anilines is 1. The number of benzene rings is 2. The average molecular weight is 410 g/mol. The molecule has 0 saturated carbocycles. The Balaban J connectivity index is 1.69. The Morgan fingerprint density at radius 3 is 2.67 bits per heavy atom. The van der Waals surface area contributed by atoms with Crippen molar-refractivity contribution in [2.24, 2.45) is 0 Å². The second-order valence-electron chi connectivity index (χ2n) is 7.35. The summed E-state index contributed by atoms with van der Waals surface area (Å²) in [5.74, 6) is 0.774. The molecule has 1 aliphatic rings. The SMILES string of the molecule is COc1ccc(C2(CNc3cc4nc[nH]c(=O)c4cc3[N+](=O)[O-])CCOCC2)cc1. The summed E-state index contributed by atoms with van der Waals surface area (Å²) >= 11 is 0. The predicted octanol–water partition coefficient (Wildman–Crippen LogP) is 3.00. The number of nitrogens with zero attached hydrogens (tertiary/aromatic N) is 2. The third-order valence-electron chi connectivity index (χ3n) is 5.72. The molecular formula is C21H22N4O5. The van der Waals surface area contributed by atoms with Crippen LogP contribution in [0, 0.1) is 10.1 Å². The topological polar surface area (TPSA) is 119 Å². The summed E-state index contributed by atoms with van der Waals surface area (Å²) in [6.45, 7) is 1.72. The van der Waals surface area contributed by atoms with Gasteiger partial charge in [-0.1, -0.05) is 12.1 Å². The molecule has 0 amide bonds. The van der Waals surface area contributed by atoms with E-state index in [1.54, 1.807) is 13.2 Å². The zero-order chi connectivity index (χ0) is 21.1. The maximum Gasteiger partial charge on any atom is 0.293 e. The van der Waals surface area contributed by atoms with E-state index in [0.29, 0.717) is 31.0 Å². The Bertz CT molecular complexity index is 1120. The fraction of sp³-hybridized carbons (Fsp3) is 0.333. The lowest BCUT2D eigenvalue weighted by Crippen LogP contribution is -2.40. The van der Waals surface area contributed by atoms with Crippen molar-refractivity contribution in [2.75, 3.05) is 32.2 Å². The van der Waals surface area contributed by atoms with Gasteiger partial charge in [-0.15, -0.1) is 0 Å². The van der Waals surface area contributed by atoms with Crippen LogP contribution in [0.15, 0.2) is 47.5 Å². The molecule has 0 unspecified atom stereocenters. The van der Waals surface area contributed by atoms with Crippen molar-refractivity contribution >= 4 is 22.3 Å². The van der Waals surface area contributed by atoms with Crippen molar-refractivity contribution in [1.82, 2.24) is 9.97 Å². The van der Waals surface area contributed by atoms with E-state index >= 15 is 0 Å². The van der Waals surface area contributed by atoms with Crippen molar-refractivity contribution in [2.45, 2.75) is 18.3 Å². The number of ether oxygens (including phenoxy) is 2. The molecule has 2 aromatic carbocycles. The molecule has 2 N–H and O–H groups in total. The van der Waals surface area contributed by atoms with E-state index in [9.17, 15) is 14.9 Å². The van der Waals surface area contributed by atoms with Gasteiger partial charge in [0.2, 0.25) is 0 Å². The number of hydrogen-bond acceptors (Lipinski definition) is 7. The van der Waals surface area contributed by atoms with Gasteiger partial charge >= 0.3 is 0 Å². The fourth-order valence-electron chi connectivity index (χ4n) is 3.93. The summed E-state index contributed by atoms with van der Waals surface area (Å²) in [5, 5.41) is 15.1. The zero-order valence-electron chi connectivity index (χ0n) is 16.5. The van der Waals surface area contributed by atoms with E-state index < -0.39 is 10.5 Å². The van der Waals surface area contributed by atoms with Crippen molar-refractivity contribution in [1.29, 1.82) is 0 Å². The Kier molecular flexibility index (Phi) is 5.37. The number of aromatic amines is 1. The molecule has 1 fully saturated rings. The van der Waals surface area contributed by atoms with Crippen LogP contribution in [0.3, 0.4) is 0 Å². The number of nitro benzene ring substituents is 1. The van der Waals surface area contributed by atoms with Crippen LogP contribution in [0.5, 0.6) is 5.75 Å². The average Bonchev–Trinajstić information content (AvgIpc) is 2.78. The van der Waals surface area contributed by atoms with Crippen molar-refractivity contribution in [3.63, 3.8) is 0 Å². The van der Waals surface area contributed by atoms with Gasteiger partial charge in [-0.25, -0.2) is 4.98 Å². The predicted molar refractivity (Wildman–Crippen MR) is 112 cm³/mol. The number of rotatable bonds is 6. The van der Waals surface area contributed by atoms with Crippen molar-refractivity contribution < 1.29 is 14.4 Å². The molecule has 0 spiro atoms. The van der Waals surface area contributed by atoms with Crippen LogP contribution in [0.2, 0.25) is 0 Å². The first-order valence-corrected chi connectivity index (χ1v) is 9.64. The van der Waals surface area contributed by atoms with Gasteiger partial charge < -0.3 is 19.8 Å². The molecule has 9 heteroatoms. The first kappa shape index (κ1) is 19.8. The molecule has 1 saturated heterocycles. The maximum atomic E-state index is 12.0. The minimum atomic E-state index is -0.488. The molecule has 9 nitrogen and oxygen atoms in total. The largest absolute Gasteiger partial charge is 0.497 e. The number of aromatic nitrogens is 2. The highest BCUT2D eigenvalue weighted by Crippen LogP contribution is 2.37. The number of methoxy groups -OCH3 is 1. The van der Waals surface area contributed by atoms with E-state index in [0.717, 1.165) is 24.2 Å². The fourth-order valence-corrected chi connectivity index (χ4v) is 3.93. The molecular weight excluding hydrogens is 388 g/mol. The van der Waals surface area contributed by atoms with Gasteiger partial charge in [0.25, 0.3) is 11.2 Å². The number of hydrogen-bond donors (Lipinski definition) is 2. The van der Waals surface area contributed by atoms with E-state index in [1.165, 1.54) is 12.4 Å². The zero-order valence-corrected chi connectivity index (χ0v) is 16.5. The highest BCUT2D eigenvalue weighted by Gasteiger charge is 2.35. The molecule has 0 aliphatic carbocycles. The van der Waals surface area contributed by atoms with E-state index in [4.69, 9.17) is 9.47 Å². The maximum absolute atomic E-state index is 12.0. The van der Waals surface area contributed by atoms with Gasteiger partial charge in [0.1, 0.15) is 11.4 Å². The Labute approximate surface area is 172 Å². The molecule has 2 heterocycles. The van der Waals surface area contributed by atoms with Crippen molar-refractivity contribution in [3.8, 4) is 5.75 Å². The van der Waals surface area contributed by atoms with Crippen LogP contribution in [0.1, 0.15) is 18.4 Å². The van der Waals surface area contributed by atoms with Gasteiger partial charge in [0, 0.05) is 31.2 Å². The second-order valence-corrected chi connectivity index (χ2v) is 7.35. The molecule has 0 bridgehead atoms. The van der Waals surface area contributed by atoms with E-state index in [2.05, 4.69) is 15.3 Å². The summed E-state index contributed by atoms with van der Waals surface area (Å²) in [7, 11) is 1.62. The monoisotopic (exact) mass is 410 g/mol. The van der Waals surface area contributed by atoms with Gasteiger partial charge in [-0.3, -0.25) is 14.9 Å². The smallest absolute Gasteiger partial charge is 0.293 e. The molecule has 30 heavy (non-hydrogen) atoms. The first-order chi connectivity index (χ1) is 14.5. The van der Waals surface area contributed by atoms with Gasteiger partial charge in [-0.05, 0) is 36.6 Å². The molecule has 1 aliphatic heterocycles. The third-order valence-corrected chi connectivity index (χ3v) is 5.72. The number of nitrogens with one attached hydrogen (secondary N) is 2. The highest BCUT2D eigenvalue weighted by atomic mass is 16.6. The van der Waals surface area contributed by atoms with E-state index in [1.807, 2.05) is 24.3 Å². The van der Waals surface area contributed by atoms with Crippen LogP contribution in [0.25, 0.3) is 10.9 Å². The summed E-state index contributed by atoms with van der Waals surface area (Å²) in [5.41, 5.74) is 1.06. The molecule has 0 radical (unpaired) electrons. The Hall–Kier alpha value is -3.46. The van der Waals surface area contributed by atoms with E-state index in [-0.39, 0.29) is 16.5 Å². The first-order valence-electron chi connectivity index (χ1n) is 9.64. The summed E-state index contributed by atoms with van der Waals surface area (Å²) in [6, 6.07) is 10.7. The lowest BCUT2D eigenvalue weighted by Gasteiger charge is -2.38. The lowest BCUT2D eigenvalue weighted by molar-refractivity contribution is -0.383. The second kappa shape index (κ2) is 8.11. The summed E-state index contributed by atoms with van der Waals surface area (Å²) < 4.78 is 10.8. The normalized spacial score (nSPS) is 15.6. The van der Waals surface area contributed by atoms with Gasteiger partial charge in [0.15, 0.2) is 0 Å². The third kappa shape index (κ3) is 3.71. The summed E-state index contributed by atoms with van der Waals surface area (Å²) in [4.78, 5) is 29.7. The number of fused-ring (bicyclic) bond motifs is 1. The van der Waals surface area contributed by atoms with Crippen LogP contribution in [-0.4, -0.2) is 41.8 Å².